The number of benzene rings is 2. The van der Waals surface area contributed by atoms with Gasteiger partial charge in [-0.05, 0) is 36.4 Å². The van der Waals surface area contributed by atoms with Crippen LogP contribution in [-0.4, -0.2) is 4.57 Å². The number of para-hydroxylation sites is 1. The van der Waals surface area contributed by atoms with Crippen LogP contribution in [0.1, 0.15) is 4.88 Å². The van der Waals surface area contributed by atoms with E-state index in [4.69, 9.17) is 0 Å². The first-order valence-electron chi connectivity index (χ1n) is 7.84. The van der Waals surface area contributed by atoms with Crippen molar-refractivity contribution in [3.8, 4) is 11.8 Å². The molecule has 0 saturated heterocycles. The number of pyridine rings is 1. The van der Waals surface area contributed by atoms with Gasteiger partial charge in [-0.15, -0.1) is 11.3 Å². The van der Waals surface area contributed by atoms with Crippen LogP contribution < -0.4 is 10.9 Å². The molecule has 0 aliphatic rings. The predicted molar refractivity (Wildman–Crippen MR) is 110 cm³/mol. The van der Waals surface area contributed by atoms with Crippen molar-refractivity contribution < 1.29 is 0 Å². The Labute approximate surface area is 162 Å². The number of halogens is 1. The minimum absolute atomic E-state index is 0.122. The molecule has 6 heteroatoms. The van der Waals surface area contributed by atoms with Crippen molar-refractivity contribution in [3.05, 3.63) is 86.4 Å². The third kappa shape index (κ3) is 2.92. The van der Waals surface area contributed by atoms with E-state index in [0.29, 0.717) is 4.88 Å². The van der Waals surface area contributed by atoms with Crippen molar-refractivity contribution in [2.24, 2.45) is 0 Å². The summed E-state index contributed by atoms with van der Waals surface area (Å²) < 4.78 is 2.59. The standard InChI is InChI=1S/C20H12BrN3OS/c21-13-5-4-6-14(11-13)23-19-16-9-10-18(25)24(15-7-2-1-3-8-15)20(16)26-17(19)12-22/h1-11,23H. The summed E-state index contributed by atoms with van der Waals surface area (Å²) in [5.41, 5.74) is 2.25. The maximum Gasteiger partial charge on any atom is 0.256 e. The molecule has 0 unspecified atom stereocenters. The lowest BCUT2D eigenvalue weighted by Gasteiger charge is -2.09. The zero-order valence-electron chi connectivity index (χ0n) is 13.4. The number of hydrogen-bond acceptors (Lipinski definition) is 4. The van der Waals surface area contributed by atoms with E-state index in [9.17, 15) is 10.1 Å². The molecule has 0 fully saturated rings. The van der Waals surface area contributed by atoms with Crippen LogP contribution in [0.25, 0.3) is 15.9 Å². The molecular weight excluding hydrogens is 410 g/mol. The topological polar surface area (TPSA) is 57.8 Å². The molecule has 1 N–H and O–H groups in total. The highest BCUT2D eigenvalue weighted by atomic mass is 79.9. The molecule has 4 aromatic rings. The molecule has 2 heterocycles. The van der Waals surface area contributed by atoms with E-state index in [1.165, 1.54) is 17.4 Å². The summed E-state index contributed by atoms with van der Waals surface area (Å²) in [6.07, 6.45) is 0. The fraction of sp³-hybridized carbons (Fsp3) is 0. The number of nitrogens with one attached hydrogen (secondary N) is 1. The third-order valence-electron chi connectivity index (χ3n) is 3.95. The van der Waals surface area contributed by atoms with Gasteiger partial charge in [0.1, 0.15) is 15.8 Å². The molecule has 4 nitrogen and oxygen atoms in total. The average Bonchev–Trinajstić information content (AvgIpc) is 3.00. The third-order valence-corrected chi connectivity index (χ3v) is 5.54. The molecule has 0 aliphatic carbocycles. The van der Waals surface area contributed by atoms with Gasteiger partial charge in [-0.3, -0.25) is 9.36 Å². The lowest BCUT2D eigenvalue weighted by atomic mass is 10.2. The van der Waals surface area contributed by atoms with Gasteiger partial charge in [0, 0.05) is 21.6 Å². The number of fused-ring (bicyclic) bond motifs is 1. The number of aromatic nitrogens is 1. The fourth-order valence-corrected chi connectivity index (χ4v) is 4.28. The van der Waals surface area contributed by atoms with Crippen LogP contribution in [-0.2, 0) is 0 Å². The first-order chi connectivity index (χ1) is 12.7. The number of anilines is 2. The van der Waals surface area contributed by atoms with Crippen molar-refractivity contribution in [1.29, 1.82) is 5.26 Å². The van der Waals surface area contributed by atoms with Gasteiger partial charge in [0.2, 0.25) is 0 Å². The SMILES string of the molecule is N#Cc1sc2c(ccc(=O)n2-c2ccccc2)c1Nc1cccc(Br)c1. The van der Waals surface area contributed by atoms with Gasteiger partial charge in [-0.1, -0.05) is 40.2 Å². The van der Waals surface area contributed by atoms with E-state index in [2.05, 4.69) is 27.3 Å². The summed E-state index contributed by atoms with van der Waals surface area (Å²) in [5.74, 6) is 0. The van der Waals surface area contributed by atoms with Crippen molar-refractivity contribution >= 4 is 48.9 Å². The van der Waals surface area contributed by atoms with Crippen molar-refractivity contribution in [1.82, 2.24) is 4.57 Å². The van der Waals surface area contributed by atoms with Gasteiger partial charge >= 0.3 is 0 Å². The Bertz CT molecular complexity index is 1210. The van der Waals surface area contributed by atoms with E-state index in [-0.39, 0.29) is 5.56 Å². The number of thiophene rings is 1. The van der Waals surface area contributed by atoms with Crippen molar-refractivity contribution in [3.63, 3.8) is 0 Å². The maximum atomic E-state index is 12.5. The van der Waals surface area contributed by atoms with Crippen LogP contribution in [0.5, 0.6) is 0 Å². The van der Waals surface area contributed by atoms with Crippen LogP contribution >= 0.6 is 27.3 Å². The van der Waals surface area contributed by atoms with E-state index < -0.39 is 0 Å². The summed E-state index contributed by atoms with van der Waals surface area (Å²) >= 11 is 4.77. The molecular formula is C20H12BrN3OS. The van der Waals surface area contributed by atoms with E-state index in [0.717, 1.165) is 31.8 Å². The van der Waals surface area contributed by atoms with E-state index in [1.54, 1.807) is 10.6 Å². The zero-order chi connectivity index (χ0) is 18.1. The second-order valence-corrected chi connectivity index (χ2v) is 7.53. The van der Waals surface area contributed by atoms with Gasteiger partial charge in [-0.2, -0.15) is 5.26 Å². The zero-order valence-corrected chi connectivity index (χ0v) is 15.8. The Morgan fingerprint density at radius 3 is 2.58 bits per heavy atom. The maximum absolute atomic E-state index is 12.5. The molecule has 0 radical (unpaired) electrons. The highest BCUT2D eigenvalue weighted by molar-refractivity contribution is 9.10. The molecule has 2 aromatic carbocycles. The molecule has 0 saturated carbocycles. The first-order valence-corrected chi connectivity index (χ1v) is 9.45. The Morgan fingerprint density at radius 1 is 1.04 bits per heavy atom. The number of nitrogens with zero attached hydrogens (tertiary/aromatic N) is 2. The molecule has 26 heavy (non-hydrogen) atoms. The van der Waals surface area contributed by atoms with Crippen molar-refractivity contribution in [2.75, 3.05) is 5.32 Å². The Kier molecular flexibility index (Phi) is 4.33. The second-order valence-electron chi connectivity index (χ2n) is 5.61. The van der Waals surface area contributed by atoms with Gasteiger partial charge in [0.25, 0.3) is 5.56 Å². The minimum atomic E-state index is -0.122. The van der Waals surface area contributed by atoms with Crippen LogP contribution in [0, 0.1) is 11.3 Å². The van der Waals surface area contributed by atoms with Crippen molar-refractivity contribution in [2.45, 2.75) is 0 Å². The number of rotatable bonds is 3. The van der Waals surface area contributed by atoms with Gasteiger partial charge in [-0.25, -0.2) is 0 Å². The molecule has 4 rings (SSSR count). The lowest BCUT2D eigenvalue weighted by Crippen LogP contribution is -2.16. The summed E-state index contributed by atoms with van der Waals surface area (Å²) in [4.78, 5) is 13.8. The highest BCUT2D eigenvalue weighted by Crippen LogP contribution is 2.37. The fourth-order valence-electron chi connectivity index (χ4n) is 2.82. The monoisotopic (exact) mass is 421 g/mol. The normalized spacial score (nSPS) is 10.6. The van der Waals surface area contributed by atoms with E-state index in [1.807, 2.05) is 54.6 Å². The Balaban J connectivity index is 1.95. The molecule has 0 amide bonds. The van der Waals surface area contributed by atoms with Gasteiger partial charge < -0.3 is 5.32 Å². The molecule has 0 atom stereocenters. The summed E-state index contributed by atoms with van der Waals surface area (Å²) in [6.45, 7) is 0. The number of nitriles is 1. The van der Waals surface area contributed by atoms with Crippen LogP contribution in [0.3, 0.4) is 0 Å². The first kappa shape index (κ1) is 16.6. The quantitative estimate of drug-likeness (QED) is 0.479. The molecule has 0 spiro atoms. The number of hydrogen-bond donors (Lipinski definition) is 1. The largest absolute Gasteiger partial charge is 0.353 e. The predicted octanol–water partition coefficient (Wildman–Crippen LogP) is 5.43. The van der Waals surface area contributed by atoms with Gasteiger partial charge in [0.05, 0.1) is 11.4 Å². The average molecular weight is 422 g/mol. The van der Waals surface area contributed by atoms with Crippen LogP contribution in [0.4, 0.5) is 11.4 Å². The summed E-state index contributed by atoms with van der Waals surface area (Å²) in [7, 11) is 0. The minimum Gasteiger partial charge on any atom is -0.353 e. The smallest absolute Gasteiger partial charge is 0.256 e. The van der Waals surface area contributed by atoms with Gasteiger partial charge in [0.15, 0.2) is 0 Å². The summed E-state index contributed by atoms with van der Waals surface area (Å²) in [5, 5.41) is 13.8. The molecule has 126 valence electrons. The Morgan fingerprint density at radius 2 is 1.85 bits per heavy atom. The van der Waals surface area contributed by atoms with Crippen LogP contribution in [0.15, 0.2) is 76.0 Å². The Hall–Kier alpha value is -2.88. The second kappa shape index (κ2) is 6.79. The summed E-state index contributed by atoms with van der Waals surface area (Å²) in [6, 6.07) is 22.7. The molecule has 0 aliphatic heterocycles. The van der Waals surface area contributed by atoms with E-state index >= 15 is 0 Å². The lowest BCUT2D eigenvalue weighted by molar-refractivity contribution is 1.06. The van der Waals surface area contributed by atoms with Crippen LogP contribution in [0.2, 0.25) is 0 Å². The molecule has 0 bridgehead atoms. The highest BCUT2D eigenvalue weighted by Gasteiger charge is 2.17. The molecule has 2 aromatic heterocycles.